The zero-order valence-electron chi connectivity index (χ0n) is 26.4. The first-order chi connectivity index (χ1) is 23.4. The fourth-order valence-corrected chi connectivity index (χ4v) is 6.87. The summed E-state index contributed by atoms with van der Waals surface area (Å²) in [4.78, 5) is 15.0. The summed E-state index contributed by atoms with van der Waals surface area (Å²) in [6.07, 6.45) is 0. The van der Waals surface area contributed by atoms with E-state index in [0.29, 0.717) is 51.7 Å². The number of nitrogens with zero attached hydrogens (tertiary/aromatic N) is 3. The second-order valence-corrected chi connectivity index (χ2v) is 12.7. The molecule has 1 aliphatic heterocycles. The number of ether oxygens (including phenoxy) is 2. The van der Waals surface area contributed by atoms with Gasteiger partial charge >= 0.3 is 0 Å². The third-order valence-electron chi connectivity index (χ3n) is 9.31. The molecule has 0 saturated heterocycles. The number of nitrogen functional groups attached to an aromatic ring is 1. The van der Waals surface area contributed by atoms with Crippen LogP contribution in [0.4, 0.5) is 5.69 Å². The molecule has 0 amide bonds. The molecule has 2 heterocycles. The van der Waals surface area contributed by atoms with Gasteiger partial charge in [0.15, 0.2) is 40.5 Å². The van der Waals surface area contributed by atoms with Gasteiger partial charge in [0.1, 0.15) is 0 Å². The zero-order valence-corrected chi connectivity index (χ0v) is 26.4. The summed E-state index contributed by atoms with van der Waals surface area (Å²) in [5.74, 6) is 4.15. The van der Waals surface area contributed by atoms with Gasteiger partial charge in [-0.05, 0) is 75.8 Å². The Hall–Kier alpha value is -6.27. The minimum atomic E-state index is -0.169. The van der Waals surface area contributed by atoms with Crippen molar-refractivity contribution in [3.8, 4) is 79.4 Å². The molecule has 1 aliphatic carbocycles. The van der Waals surface area contributed by atoms with Gasteiger partial charge in [0.25, 0.3) is 0 Å². The van der Waals surface area contributed by atoms with E-state index in [1.54, 1.807) is 0 Å². The first kappa shape index (κ1) is 28.0. The predicted molar refractivity (Wildman–Crippen MR) is 190 cm³/mol. The van der Waals surface area contributed by atoms with Crippen molar-refractivity contribution in [1.29, 1.82) is 0 Å². The number of rotatable bonds is 4. The molecule has 2 aliphatic rings. The minimum Gasteiger partial charge on any atom is -0.449 e. The number of benzene rings is 6. The largest absolute Gasteiger partial charge is 0.449 e. The molecule has 0 spiro atoms. The van der Waals surface area contributed by atoms with E-state index >= 15 is 0 Å². The van der Waals surface area contributed by atoms with Crippen molar-refractivity contribution < 1.29 is 9.47 Å². The molecule has 0 saturated carbocycles. The van der Waals surface area contributed by atoms with E-state index in [2.05, 4.69) is 62.4 Å². The first-order valence-electron chi connectivity index (χ1n) is 16.0. The Morgan fingerprint density at radius 3 is 1.92 bits per heavy atom. The lowest BCUT2D eigenvalue weighted by Gasteiger charge is -2.26. The minimum absolute atomic E-state index is 0.169. The van der Waals surface area contributed by atoms with Crippen molar-refractivity contribution in [2.24, 2.45) is 0 Å². The number of nitrogens with two attached hydrogens (primary N) is 1. The standard InChI is InChI=1S/C42H30N4O2/c1-42(2)33-19-7-6-17-30(33)32-23-36-37(24-34(32)42)48-38-31(18-10-20-35(38)47-36)41-45-39(25-11-4-3-5-12-25)44-40(46-41)28-15-8-13-26(21-28)27-14-9-16-29(43)22-27/h3-24H,43H2,1-2H3. The smallest absolute Gasteiger partial charge is 0.181 e. The van der Waals surface area contributed by atoms with E-state index < -0.39 is 0 Å². The van der Waals surface area contributed by atoms with Gasteiger partial charge in [-0.15, -0.1) is 0 Å². The van der Waals surface area contributed by atoms with Crippen LogP contribution in [0.3, 0.4) is 0 Å². The van der Waals surface area contributed by atoms with Crippen LogP contribution in [-0.4, -0.2) is 15.0 Å². The Kier molecular flexibility index (Phi) is 6.21. The van der Waals surface area contributed by atoms with Crippen molar-refractivity contribution in [3.63, 3.8) is 0 Å². The predicted octanol–water partition coefficient (Wildman–Crippen LogP) is 10.3. The van der Waals surface area contributed by atoms with E-state index in [4.69, 9.17) is 30.2 Å². The Morgan fingerprint density at radius 1 is 0.458 bits per heavy atom. The average Bonchev–Trinajstić information content (AvgIpc) is 3.35. The van der Waals surface area contributed by atoms with Gasteiger partial charge < -0.3 is 15.2 Å². The quantitative estimate of drug-likeness (QED) is 0.197. The van der Waals surface area contributed by atoms with Crippen LogP contribution in [0.2, 0.25) is 0 Å². The normalized spacial score (nSPS) is 13.4. The number of fused-ring (bicyclic) bond motifs is 5. The highest BCUT2D eigenvalue weighted by molar-refractivity contribution is 5.84. The Morgan fingerprint density at radius 2 is 1.08 bits per heavy atom. The number of hydrogen-bond acceptors (Lipinski definition) is 6. The lowest BCUT2D eigenvalue weighted by atomic mass is 9.82. The average molecular weight is 623 g/mol. The summed E-state index contributed by atoms with van der Waals surface area (Å²) in [5, 5.41) is 0. The molecule has 6 aromatic carbocycles. The lowest BCUT2D eigenvalue weighted by Crippen LogP contribution is -2.15. The fraction of sp³-hybridized carbons (Fsp3) is 0.0714. The maximum Gasteiger partial charge on any atom is 0.181 e. The maximum absolute atomic E-state index is 6.72. The molecular weight excluding hydrogens is 592 g/mol. The fourth-order valence-electron chi connectivity index (χ4n) is 6.87. The van der Waals surface area contributed by atoms with Gasteiger partial charge in [0.2, 0.25) is 0 Å². The molecule has 9 rings (SSSR count). The van der Waals surface area contributed by atoms with Gasteiger partial charge in [-0.25, -0.2) is 15.0 Å². The molecule has 0 fully saturated rings. The molecule has 6 heteroatoms. The van der Waals surface area contributed by atoms with Crippen molar-refractivity contribution in [1.82, 2.24) is 15.0 Å². The zero-order chi connectivity index (χ0) is 32.4. The third kappa shape index (κ3) is 4.53. The molecular formula is C42H30N4O2. The summed E-state index contributed by atoms with van der Waals surface area (Å²) in [6, 6.07) is 44.6. The van der Waals surface area contributed by atoms with Crippen molar-refractivity contribution in [2.45, 2.75) is 19.3 Å². The van der Waals surface area contributed by atoms with Crippen LogP contribution >= 0.6 is 0 Å². The number of hydrogen-bond donors (Lipinski definition) is 1. The van der Waals surface area contributed by atoms with Crippen LogP contribution in [0.5, 0.6) is 23.0 Å². The molecule has 1 aromatic heterocycles. The van der Waals surface area contributed by atoms with Gasteiger partial charge in [0.05, 0.1) is 5.56 Å². The van der Waals surface area contributed by atoms with Crippen LogP contribution < -0.4 is 15.2 Å². The Balaban J connectivity index is 1.17. The second kappa shape index (κ2) is 10.6. The molecule has 0 atom stereocenters. The van der Waals surface area contributed by atoms with E-state index in [-0.39, 0.29) is 5.41 Å². The summed E-state index contributed by atoms with van der Waals surface area (Å²) in [5.41, 5.74) is 16.1. The number of aromatic nitrogens is 3. The molecule has 0 unspecified atom stereocenters. The summed E-state index contributed by atoms with van der Waals surface area (Å²) in [7, 11) is 0. The van der Waals surface area contributed by atoms with Gasteiger partial charge in [-0.3, -0.25) is 0 Å². The molecule has 6 nitrogen and oxygen atoms in total. The number of anilines is 1. The molecule has 2 N–H and O–H groups in total. The lowest BCUT2D eigenvalue weighted by molar-refractivity contribution is 0.360. The first-order valence-corrected chi connectivity index (χ1v) is 16.0. The monoisotopic (exact) mass is 622 g/mol. The highest BCUT2D eigenvalue weighted by atomic mass is 16.6. The Labute approximate surface area is 278 Å². The molecule has 7 aromatic rings. The van der Waals surface area contributed by atoms with Gasteiger partial charge in [-0.1, -0.05) is 105 Å². The van der Waals surface area contributed by atoms with E-state index in [1.165, 1.54) is 22.3 Å². The highest BCUT2D eigenvalue weighted by Crippen LogP contribution is 2.56. The van der Waals surface area contributed by atoms with Crippen LogP contribution in [-0.2, 0) is 5.41 Å². The van der Waals surface area contributed by atoms with Crippen LogP contribution in [0, 0.1) is 0 Å². The van der Waals surface area contributed by atoms with E-state index in [9.17, 15) is 0 Å². The van der Waals surface area contributed by atoms with Crippen molar-refractivity contribution in [3.05, 3.63) is 145 Å². The maximum atomic E-state index is 6.72. The van der Waals surface area contributed by atoms with Crippen molar-refractivity contribution in [2.75, 3.05) is 5.73 Å². The van der Waals surface area contributed by atoms with Crippen LogP contribution in [0.15, 0.2) is 133 Å². The molecule has 48 heavy (non-hydrogen) atoms. The van der Waals surface area contributed by atoms with E-state index in [0.717, 1.165) is 22.3 Å². The van der Waals surface area contributed by atoms with Crippen LogP contribution in [0.1, 0.15) is 25.0 Å². The SMILES string of the molecule is CC1(C)c2ccccc2-c2cc3c(cc21)Oc1c(cccc1-c1nc(-c2ccccc2)nc(-c2cccc(-c4cccc(N)c4)c2)n1)O3. The van der Waals surface area contributed by atoms with Crippen molar-refractivity contribution >= 4 is 5.69 Å². The topological polar surface area (TPSA) is 83.2 Å². The molecule has 230 valence electrons. The third-order valence-corrected chi connectivity index (χ3v) is 9.31. The van der Waals surface area contributed by atoms with Crippen LogP contribution in [0.25, 0.3) is 56.4 Å². The summed E-state index contributed by atoms with van der Waals surface area (Å²) >= 11 is 0. The molecule has 0 radical (unpaired) electrons. The van der Waals surface area contributed by atoms with Gasteiger partial charge in [0, 0.05) is 22.2 Å². The summed E-state index contributed by atoms with van der Waals surface area (Å²) in [6.45, 7) is 4.51. The van der Waals surface area contributed by atoms with E-state index in [1.807, 2.05) is 84.9 Å². The van der Waals surface area contributed by atoms with Gasteiger partial charge in [-0.2, -0.15) is 0 Å². The number of para-hydroxylation sites is 1. The Bertz CT molecular complexity index is 2400. The molecule has 0 bridgehead atoms. The summed E-state index contributed by atoms with van der Waals surface area (Å²) < 4.78 is 13.3. The second-order valence-electron chi connectivity index (χ2n) is 12.7. The highest BCUT2D eigenvalue weighted by Gasteiger charge is 2.37.